The molecule has 0 aliphatic carbocycles. The normalized spacial score (nSPS) is 12.0. The Labute approximate surface area is 177 Å². The number of ether oxygens (including phenoxy) is 1. The van der Waals surface area contributed by atoms with Crippen molar-refractivity contribution in [3.63, 3.8) is 0 Å². The minimum Gasteiger partial charge on any atom is -0.497 e. The maximum absolute atomic E-state index is 12.5. The van der Waals surface area contributed by atoms with Crippen LogP contribution in [-0.4, -0.2) is 60.8 Å². The van der Waals surface area contributed by atoms with Crippen LogP contribution in [-0.2, 0) is 24.8 Å². The second-order valence-corrected chi connectivity index (χ2v) is 10.3. The molecule has 0 heterocycles. The van der Waals surface area contributed by atoms with Gasteiger partial charge in [-0.15, -0.1) is 0 Å². The van der Waals surface area contributed by atoms with Gasteiger partial charge in [-0.1, -0.05) is 17.7 Å². The molecule has 0 aliphatic heterocycles. The van der Waals surface area contributed by atoms with E-state index in [1.54, 1.807) is 12.1 Å². The van der Waals surface area contributed by atoms with Gasteiger partial charge < -0.3 is 10.1 Å². The zero-order valence-corrected chi connectivity index (χ0v) is 18.6. The highest BCUT2D eigenvalue weighted by atomic mass is 32.2. The molecule has 30 heavy (non-hydrogen) atoms. The number of hydrogen-bond acceptors (Lipinski definition) is 6. The number of nitrogens with one attached hydrogen (secondary N) is 2. The van der Waals surface area contributed by atoms with Crippen molar-refractivity contribution >= 4 is 26.0 Å². The summed E-state index contributed by atoms with van der Waals surface area (Å²) in [7, 11) is -4.76. The van der Waals surface area contributed by atoms with E-state index in [0.717, 1.165) is 9.87 Å². The van der Waals surface area contributed by atoms with Gasteiger partial charge in [-0.25, -0.2) is 21.6 Å². The van der Waals surface area contributed by atoms with Crippen molar-refractivity contribution in [1.29, 1.82) is 0 Å². The summed E-state index contributed by atoms with van der Waals surface area (Å²) in [6.07, 6.45) is 0. The number of likely N-dealkylation sites (N-methyl/N-ethyl adjacent to an activating group) is 1. The average Bonchev–Trinajstić information content (AvgIpc) is 2.71. The first-order valence-corrected chi connectivity index (χ1v) is 11.9. The van der Waals surface area contributed by atoms with E-state index in [9.17, 15) is 21.6 Å². The lowest BCUT2D eigenvalue weighted by atomic mass is 10.2. The van der Waals surface area contributed by atoms with E-state index in [0.29, 0.717) is 5.75 Å². The van der Waals surface area contributed by atoms with E-state index in [4.69, 9.17) is 4.74 Å². The number of amides is 1. The van der Waals surface area contributed by atoms with Gasteiger partial charge in [0.05, 0.1) is 23.4 Å². The van der Waals surface area contributed by atoms with Crippen LogP contribution in [0, 0.1) is 6.92 Å². The minimum absolute atomic E-state index is 0.0142. The number of hydrogen-bond donors (Lipinski definition) is 2. The van der Waals surface area contributed by atoms with E-state index in [-0.39, 0.29) is 22.9 Å². The van der Waals surface area contributed by atoms with E-state index in [2.05, 4.69) is 10.0 Å². The van der Waals surface area contributed by atoms with Crippen molar-refractivity contribution in [2.45, 2.75) is 16.7 Å². The molecule has 0 unspecified atom stereocenters. The summed E-state index contributed by atoms with van der Waals surface area (Å²) in [6.45, 7) is 1.43. The lowest BCUT2D eigenvalue weighted by molar-refractivity contribution is -0.121. The molecule has 0 saturated carbocycles. The summed E-state index contributed by atoms with van der Waals surface area (Å²) < 4.78 is 57.7. The molecular formula is C19H25N3O6S2. The SMILES string of the molecule is COc1ccc(S(=O)(=O)N(C)CC(=O)NCCNS(=O)(=O)c2ccc(C)cc2)cc1. The highest BCUT2D eigenvalue weighted by molar-refractivity contribution is 7.89. The average molecular weight is 456 g/mol. The molecule has 2 aromatic carbocycles. The molecule has 9 nitrogen and oxygen atoms in total. The number of carbonyl (C=O) groups excluding carboxylic acids is 1. The fourth-order valence-corrected chi connectivity index (χ4v) is 4.62. The number of carbonyl (C=O) groups is 1. The fourth-order valence-electron chi connectivity index (χ4n) is 2.46. The highest BCUT2D eigenvalue weighted by Gasteiger charge is 2.23. The van der Waals surface area contributed by atoms with Gasteiger partial charge in [0, 0.05) is 20.1 Å². The third kappa shape index (κ3) is 6.26. The van der Waals surface area contributed by atoms with Gasteiger partial charge in [-0.2, -0.15) is 4.31 Å². The second kappa shape index (κ2) is 10.0. The Morgan fingerprint density at radius 2 is 1.50 bits per heavy atom. The zero-order valence-electron chi connectivity index (χ0n) is 17.0. The molecule has 2 rings (SSSR count). The van der Waals surface area contributed by atoms with Crippen molar-refractivity contribution in [1.82, 2.24) is 14.3 Å². The molecule has 0 aromatic heterocycles. The smallest absolute Gasteiger partial charge is 0.243 e. The van der Waals surface area contributed by atoms with Crippen LogP contribution in [0.5, 0.6) is 5.75 Å². The lowest BCUT2D eigenvalue weighted by Crippen LogP contribution is -2.41. The standard InChI is InChI=1S/C19H25N3O6S2/c1-15-4-8-17(9-5-15)29(24,25)21-13-12-20-19(23)14-22(2)30(26,27)18-10-6-16(28-3)7-11-18/h4-11,21H,12-14H2,1-3H3,(H,20,23). The van der Waals surface area contributed by atoms with Crippen LogP contribution in [0.25, 0.3) is 0 Å². The highest BCUT2D eigenvalue weighted by Crippen LogP contribution is 2.18. The first kappa shape index (κ1) is 23.8. The minimum atomic E-state index is -3.85. The molecule has 164 valence electrons. The molecule has 0 saturated heterocycles. The fraction of sp³-hybridized carbons (Fsp3) is 0.316. The number of methoxy groups -OCH3 is 1. The molecule has 11 heteroatoms. The molecule has 0 atom stereocenters. The van der Waals surface area contributed by atoms with Crippen LogP contribution in [0.3, 0.4) is 0 Å². The molecule has 0 radical (unpaired) electrons. The van der Waals surface area contributed by atoms with Crippen LogP contribution in [0.4, 0.5) is 0 Å². The third-order valence-corrected chi connectivity index (χ3v) is 7.50. The molecule has 0 fully saturated rings. The Kier molecular flexibility index (Phi) is 7.96. The molecule has 1 amide bonds. The van der Waals surface area contributed by atoms with Gasteiger partial charge in [0.15, 0.2) is 0 Å². The van der Waals surface area contributed by atoms with E-state index < -0.39 is 32.5 Å². The maximum Gasteiger partial charge on any atom is 0.243 e. The van der Waals surface area contributed by atoms with Gasteiger partial charge >= 0.3 is 0 Å². The Bertz CT molecular complexity index is 1070. The van der Waals surface area contributed by atoms with Gasteiger partial charge in [0.1, 0.15) is 5.75 Å². The number of aryl methyl sites for hydroxylation is 1. The van der Waals surface area contributed by atoms with Crippen LogP contribution >= 0.6 is 0 Å². The lowest BCUT2D eigenvalue weighted by Gasteiger charge is -2.17. The number of sulfonamides is 2. The first-order chi connectivity index (χ1) is 14.1. The van der Waals surface area contributed by atoms with E-state index in [1.807, 2.05) is 6.92 Å². The molecule has 0 spiro atoms. The van der Waals surface area contributed by atoms with Crippen molar-refractivity contribution in [3.8, 4) is 5.75 Å². The van der Waals surface area contributed by atoms with Crippen LogP contribution < -0.4 is 14.8 Å². The molecular weight excluding hydrogens is 430 g/mol. The molecule has 2 N–H and O–H groups in total. The number of benzene rings is 2. The van der Waals surface area contributed by atoms with Crippen LogP contribution in [0.1, 0.15) is 5.56 Å². The Hall–Kier alpha value is -2.47. The van der Waals surface area contributed by atoms with Gasteiger partial charge in [0.2, 0.25) is 26.0 Å². The van der Waals surface area contributed by atoms with Gasteiger partial charge in [0.25, 0.3) is 0 Å². The molecule has 2 aromatic rings. The van der Waals surface area contributed by atoms with Crippen LogP contribution in [0.15, 0.2) is 58.3 Å². The van der Waals surface area contributed by atoms with Crippen LogP contribution in [0.2, 0.25) is 0 Å². The van der Waals surface area contributed by atoms with Gasteiger partial charge in [-0.3, -0.25) is 4.79 Å². The Balaban J connectivity index is 1.84. The topological polar surface area (TPSA) is 122 Å². The monoisotopic (exact) mass is 455 g/mol. The Morgan fingerprint density at radius 3 is 2.07 bits per heavy atom. The quantitative estimate of drug-likeness (QED) is 0.509. The largest absolute Gasteiger partial charge is 0.497 e. The zero-order chi connectivity index (χ0) is 22.4. The van der Waals surface area contributed by atoms with E-state index >= 15 is 0 Å². The number of nitrogens with zero attached hydrogens (tertiary/aromatic N) is 1. The van der Waals surface area contributed by atoms with Crippen molar-refractivity contribution in [2.75, 3.05) is 33.8 Å². The van der Waals surface area contributed by atoms with Crippen molar-refractivity contribution < 1.29 is 26.4 Å². The second-order valence-electron chi connectivity index (χ2n) is 6.50. The molecule has 0 aliphatic rings. The summed E-state index contributed by atoms with van der Waals surface area (Å²) in [6, 6.07) is 12.2. The Morgan fingerprint density at radius 1 is 0.933 bits per heavy atom. The van der Waals surface area contributed by atoms with Crippen molar-refractivity contribution in [3.05, 3.63) is 54.1 Å². The third-order valence-electron chi connectivity index (χ3n) is 4.20. The summed E-state index contributed by atoms with van der Waals surface area (Å²) in [5.41, 5.74) is 0.940. The van der Waals surface area contributed by atoms with E-state index in [1.165, 1.54) is 50.6 Å². The van der Waals surface area contributed by atoms with Gasteiger partial charge in [-0.05, 0) is 43.3 Å². The summed E-state index contributed by atoms with van der Waals surface area (Å²) in [4.78, 5) is 12.2. The first-order valence-electron chi connectivity index (χ1n) is 8.99. The molecule has 0 bridgehead atoms. The number of rotatable bonds is 10. The summed E-state index contributed by atoms with van der Waals surface area (Å²) >= 11 is 0. The predicted molar refractivity (Wildman–Crippen MR) is 112 cm³/mol. The predicted octanol–water partition coefficient (Wildman–Crippen LogP) is 0.719. The van der Waals surface area contributed by atoms with Crippen molar-refractivity contribution in [2.24, 2.45) is 0 Å². The summed E-state index contributed by atoms with van der Waals surface area (Å²) in [5, 5.41) is 2.50. The maximum atomic E-state index is 12.5. The summed E-state index contributed by atoms with van der Waals surface area (Å²) in [5.74, 6) is -0.0356.